The van der Waals surface area contributed by atoms with Crippen molar-refractivity contribution in [3.63, 3.8) is 0 Å². The van der Waals surface area contributed by atoms with Gasteiger partial charge in [-0.2, -0.15) is 10.4 Å². The van der Waals surface area contributed by atoms with Crippen molar-refractivity contribution in [2.75, 3.05) is 11.9 Å². The van der Waals surface area contributed by atoms with Gasteiger partial charge in [0, 0.05) is 19.4 Å². The van der Waals surface area contributed by atoms with Gasteiger partial charge in [0.2, 0.25) is 0 Å². The normalized spacial score (nSPS) is 10.1. The zero-order valence-electron chi connectivity index (χ0n) is 10.6. The van der Waals surface area contributed by atoms with Crippen LogP contribution in [-0.4, -0.2) is 27.2 Å². The largest absolute Gasteiger partial charge is 0.350 e. The van der Waals surface area contributed by atoms with Gasteiger partial charge in [0.05, 0.1) is 12.2 Å². The Morgan fingerprint density at radius 1 is 1.39 bits per heavy atom. The van der Waals surface area contributed by atoms with Crippen LogP contribution in [0.5, 0.6) is 0 Å². The lowest BCUT2D eigenvalue weighted by molar-refractivity contribution is 0.813. The highest BCUT2D eigenvalue weighted by atomic mass is 15.3. The van der Waals surface area contributed by atoms with E-state index in [2.05, 4.69) is 26.2 Å². The van der Waals surface area contributed by atoms with Crippen molar-refractivity contribution in [3.8, 4) is 6.07 Å². The molecule has 0 amide bonds. The number of anilines is 1. The molecule has 18 heavy (non-hydrogen) atoms. The fourth-order valence-corrected chi connectivity index (χ4v) is 1.68. The van der Waals surface area contributed by atoms with Crippen LogP contribution in [0.4, 0.5) is 5.82 Å². The molecule has 0 unspecified atom stereocenters. The lowest BCUT2D eigenvalue weighted by Gasteiger charge is -2.18. The van der Waals surface area contributed by atoms with Crippen molar-refractivity contribution in [2.45, 2.75) is 20.4 Å². The lowest BCUT2D eigenvalue weighted by Crippen LogP contribution is -2.21. The molecule has 2 aromatic rings. The summed E-state index contributed by atoms with van der Waals surface area (Å²) >= 11 is 0. The molecule has 0 aliphatic carbocycles. The van der Waals surface area contributed by atoms with Crippen LogP contribution in [0, 0.1) is 25.2 Å². The Kier molecular flexibility index (Phi) is 3.24. The van der Waals surface area contributed by atoms with Crippen molar-refractivity contribution in [3.05, 3.63) is 35.0 Å². The van der Waals surface area contributed by atoms with Crippen molar-refractivity contribution >= 4 is 5.82 Å². The van der Waals surface area contributed by atoms with E-state index in [1.165, 1.54) is 0 Å². The van der Waals surface area contributed by atoms with Crippen molar-refractivity contribution in [1.29, 1.82) is 5.26 Å². The quantitative estimate of drug-likeness (QED) is 0.877. The Morgan fingerprint density at radius 2 is 2.17 bits per heavy atom. The van der Waals surface area contributed by atoms with Gasteiger partial charge in [-0.1, -0.05) is 0 Å². The molecule has 0 aromatic carbocycles. The number of aryl methyl sites for hydroxylation is 1. The summed E-state index contributed by atoms with van der Waals surface area (Å²) in [4.78, 5) is 9.02. The fourth-order valence-electron chi connectivity index (χ4n) is 1.68. The SMILES string of the molecule is Cc1nnc(N(C)Cc2ncc[nH]2)c(C#N)c1C. The first kappa shape index (κ1) is 12.0. The van der Waals surface area contributed by atoms with Crippen LogP contribution in [0.25, 0.3) is 0 Å². The van der Waals surface area contributed by atoms with Crippen LogP contribution in [0.15, 0.2) is 12.4 Å². The van der Waals surface area contributed by atoms with Crippen molar-refractivity contribution < 1.29 is 0 Å². The van der Waals surface area contributed by atoms with Gasteiger partial charge in [-0.3, -0.25) is 0 Å². The first-order valence-electron chi connectivity index (χ1n) is 5.57. The number of nitriles is 1. The summed E-state index contributed by atoms with van der Waals surface area (Å²) in [7, 11) is 1.86. The van der Waals surface area contributed by atoms with Crippen LogP contribution in [0.2, 0.25) is 0 Å². The molecule has 0 saturated heterocycles. The van der Waals surface area contributed by atoms with E-state index in [0.717, 1.165) is 17.1 Å². The molecule has 6 nitrogen and oxygen atoms in total. The Balaban J connectivity index is 2.34. The van der Waals surface area contributed by atoms with E-state index in [9.17, 15) is 5.26 Å². The summed E-state index contributed by atoms with van der Waals surface area (Å²) in [5.41, 5.74) is 2.21. The maximum absolute atomic E-state index is 9.23. The fraction of sp³-hybridized carbons (Fsp3) is 0.333. The summed E-state index contributed by atoms with van der Waals surface area (Å²) < 4.78 is 0. The highest BCUT2D eigenvalue weighted by Crippen LogP contribution is 2.20. The molecule has 0 saturated carbocycles. The topological polar surface area (TPSA) is 81.5 Å². The lowest BCUT2D eigenvalue weighted by atomic mass is 10.1. The second-order valence-corrected chi connectivity index (χ2v) is 4.11. The second kappa shape index (κ2) is 4.84. The average Bonchev–Trinajstić information content (AvgIpc) is 2.85. The zero-order valence-corrected chi connectivity index (χ0v) is 10.6. The van der Waals surface area contributed by atoms with Gasteiger partial charge in [0.15, 0.2) is 5.82 Å². The van der Waals surface area contributed by atoms with E-state index in [1.54, 1.807) is 12.4 Å². The Labute approximate surface area is 105 Å². The summed E-state index contributed by atoms with van der Waals surface area (Å²) in [6.07, 6.45) is 3.46. The third-order valence-corrected chi connectivity index (χ3v) is 2.85. The third kappa shape index (κ3) is 2.15. The van der Waals surface area contributed by atoms with Crippen molar-refractivity contribution in [2.24, 2.45) is 0 Å². The number of aromatic amines is 1. The van der Waals surface area contributed by atoms with E-state index in [-0.39, 0.29) is 0 Å². The van der Waals surface area contributed by atoms with Gasteiger partial charge in [-0.15, -0.1) is 5.10 Å². The third-order valence-electron chi connectivity index (χ3n) is 2.85. The molecule has 0 aliphatic heterocycles. The number of aromatic nitrogens is 4. The molecule has 92 valence electrons. The predicted molar refractivity (Wildman–Crippen MR) is 66.9 cm³/mol. The molecule has 1 N–H and O–H groups in total. The van der Waals surface area contributed by atoms with Crippen LogP contribution in [-0.2, 0) is 6.54 Å². The standard InChI is InChI=1S/C12H14N6/c1-8-9(2)16-17-12(10(8)6-13)18(3)7-11-14-4-5-15-11/h4-5H,7H2,1-3H3,(H,14,15). The Bertz CT molecular complexity index is 581. The number of nitrogens with zero attached hydrogens (tertiary/aromatic N) is 5. The van der Waals surface area contributed by atoms with Gasteiger partial charge >= 0.3 is 0 Å². The predicted octanol–water partition coefficient (Wildman–Crippen LogP) is 1.32. The van der Waals surface area contributed by atoms with Crippen LogP contribution >= 0.6 is 0 Å². The number of hydrogen-bond donors (Lipinski definition) is 1. The maximum atomic E-state index is 9.23. The van der Waals surface area contributed by atoms with E-state index < -0.39 is 0 Å². The van der Waals surface area contributed by atoms with Gasteiger partial charge in [-0.05, 0) is 19.4 Å². The van der Waals surface area contributed by atoms with Gasteiger partial charge in [0.25, 0.3) is 0 Å². The second-order valence-electron chi connectivity index (χ2n) is 4.11. The van der Waals surface area contributed by atoms with E-state index >= 15 is 0 Å². The number of rotatable bonds is 3. The smallest absolute Gasteiger partial charge is 0.169 e. The molecular weight excluding hydrogens is 228 g/mol. The molecule has 0 aliphatic rings. The Morgan fingerprint density at radius 3 is 2.78 bits per heavy atom. The molecule has 0 fully saturated rings. The first-order chi connectivity index (χ1) is 8.63. The number of H-pyrrole nitrogens is 1. The summed E-state index contributed by atoms with van der Waals surface area (Å²) in [6.45, 7) is 4.28. The molecule has 0 bridgehead atoms. The van der Waals surface area contributed by atoms with E-state index in [4.69, 9.17) is 0 Å². The molecule has 2 rings (SSSR count). The zero-order chi connectivity index (χ0) is 13.1. The summed E-state index contributed by atoms with van der Waals surface area (Å²) in [6, 6.07) is 2.19. The monoisotopic (exact) mass is 242 g/mol. The van der Waals surface area contributed by atoms with Crippen LogP contribution in [0.1, 0.15) is 22.6 Å². The molecule has 6 heteroatoms. The van der Waals surface area contributed by atoms with Crippen LogP contribution < -0.4 is 4.90 Å². The van der Waals surface area contributed by atoms with Gasteiger partial charge in [-0.25, -0.2) is 4.98 Å². The van der Waals surface area contributed by atoms with Crippen LogP contribution in [0.3, 0.4) is 0 Å². The van der Waals surface area contributed by atoms with Crippen molar-refractivity contribution in [1.82, 2.24) is 20.2 Å². The Hall–Kier alpha value is -2.42. The minimum absolute atomic E-state index is 0.554. The average molecular weight is 242 g/mol. The number of hydrogen-bond acceptors (Lipinski definition) is 5. The summed E-state index contributed by atoms with van der Waals surface area (Å²) in [5.74, 6) is 1.40. The minimum Gasteiger partial charge on any atom is -0.350 e. The minimum atomic E-state index is 0.554. The molecule has 0 spiro atoms. The first-order valence-corrected chi connectivity index (χ1v) is 5.57. The highest BCUT2D eigenvalue weighted by molar-refractivity contribution is 5.57. The molecule has 2 aromatic heterocycles. The van der Waals surface area contributed by atoms with E-state index in [0.29, 0.717) is 17.9 Å². The molecular formula is C12H14N6. The number of imidazole rings is 1. The highest BCUT2D eigenvalue weighted by Gasteiger charge is 2.15. The van der Waals surface area contributed by atoms with E-state index in [1.807, 2.05) is 25.8 Å². The molecule has 0 radical (unpaired) electrons. The maximum Gasteiger partial charge on any atom is 0.169 e. The number of nitrogens with one attached hydrogen (secondary N) is 1. The summed E-state index contributed by atoms with van der Waals surface area (Å²) in [5, 5.41) is 17.4. The molecule has 2 heterocycles. The van der Waals surface area contributed by atoms with Gasteiger partial charge < -0.3 is 9.88 Å². The van der Waals surface area contributed by atoms with Gasteiger partial charge in [0.1, 0.15) is 17.5 Å². The molecule has 0 atom stereocenters.